The molecule has 0 aliphatic carbocycles. The van der Waals surface area contributed by atoms with E-state index in [0.29, 0.717) is 26.6 Å². The quantitative estimate of drug-likeness (QED) is 0.297. The fourth-order valence-electron chi connectivity index (χ4n) is 2.76. The van der Waals surface area contributed by atoms with E-state index in [1.54, 1.807) is 25.2 Å². The lowest BCUT2D eigenvalue weighted by atomic mass is 9.91. The molecule has 0 amide bonds. The van der Waals surface area contributed by atoms with Crippen molar-refractivity contribution in [2.24, 2.45) is 0 Å². The highest BCUT2D eigenvalue weighted by molar-refractivity contribution is 8.33. The Balaban J connectivity index is 0.000000440. The Kier molecular flexibility index (Phi) is 9.56. The van der Waals surface area contributed by atoms with Crippen molar-refractivity contribution in [3.8, 4) is 0 Å². The number of nitrogens with zero attached hydrogens (tertiary/aromatic N) is 1. The zero-order chi connectivity index (χ0) is 25.5. The molecule has 0 radical (unpaired) electrons. The number of carbonyl (C=O) groups excluding carboxylic acids is 1. The van der Waals surface area contributed by atoms with E-state index < -0.39 is 0 Å². The summed E-state index contributed by atoms with van der Waals surface area (Å²) in [4.78, 5) is 12.0. The molecule has 3 rings (SSSR count). The number of halogens is 1. The summed E-state index contributed by atoms with van der Waals surface area (Å²) in [5.41, 5.74) is 3.74. The second kappa shape index (κ2) is 11.7. The van der Waals surface area contributed by atoms with Crippen molar-refractivity contribution in [2.75, 3.05) is 31.1 Å². The van der Waals surface area contributed by atoms with E-state index in [-0.39, 0.29) is 22.4 Å². The second-order valence-electron chi connectivity index (χ2n) is 9.50. The Morgan fingerprint density at radius 1 is 1.12 bits per heavy atom. The third-order valence-electron chi connectivity index (χ3n) is 5.79. The molecule has 2 N–H and O–H groups in total. The molecule has 0 saturated heterocycles. The van der Waals surface area contributed by atoms with Gasteiger partial charge < -0.3 is 14.9 Å². The van der Waals surface area contributed by atoms with Gasteiger partial charge in [0.25, 0.3) is 0 Å². The number of hydrogen-bond donors (Lipinski definition) is 2. The first-order chi connectivity index (χ1) is 15.9. The van der Waals surface area contributed by atoms with Gasteiger partial charge in [-0.25, -0.2) is 10.0 Å². The number of anilines is 1. The first-order valence-electron chi connectivity index (χ1n) is 10.9. The number of hydrogen-bond acceptors (Lipinski definition) is 5. The van der Waals surface area contributed by atoms with Crippen molar-refractivity contribution >= 4 is 44.7 Å². The van der Waals surface area contributed by atoms with Crippen molar-refractivity contribution < 1.29 is 14.4 Å². The summed E-state index contributed by atoms with van der Waals surface area (Å²) < 4.78 is 5.80. The molecule has 7 heteroatoms. The molecule has 0 fully saturated rings. The first-order valence-corrected chi connectivity index (χ1v) is 14.1. The predicted molar refractivity (Wildman–Crippen MR) is 147 cm³/mol. The number of allylic oxidation sites excluding steroid dienone is 1. The van der Waals surface area contributed by atoms with Gasteiger partial charge in [-0.15, -0.1) is 0 Å². The highest BCUT2D eigenvalue weighted by Crippen LogP contribution is 2.48. The van der Waals surface area contributed by atoms with Crippen LogP contribution in [0.4, 0.5) is 5.69 Å². The Labute approximate surface area is 209 Å². The first kappa shape index (κ1) is 27.7. The lowest BCUT2D eigenvalue weighted by Crippen LogP contribution is -2.21. The molecule has 0 aliphatic rings. The van der Waals surface area contributed by atoms with Crippen LogP contribution in [-0.4, -0.2) is 47.1 Å². The van der Waals surface area contributed by atoms with Crippen molar-refractivity contribution in [1.82, 2.24) is 5.16 Å². The number of carbonyl (C=O) groups is 1. The predicted octanol–water partition coefficient (Wildman–Crippen LogP) is 6.50. The van der Waals surface area contributed by atoms with Gasteiger partial charge in [0.1, 0.15) is 5.69 Å². The van der Waals surface area contributed by atoms with Gasteiger partial charge in [-0.1, -0.05) is 67.9 Å². The van der Waals surface area contributed by atoms with Crippen LogP contribution in [0.25, 0.3) is 11.1 Å². The van der Waals surface area contributed by atoms with Crippen LogP contribution in [0.5, 0.6) is 0 Å². The third kappa shape index (κ3) is 6.98. The lowest BCUT2D eigenvalue weighted by molar-refractivity contribution is -0.103. The van der Waals surface area contributed by atoms with Crippen LogP contribution in [0.1, 0.15) is 43.4 Å². The van der Waals surface area contributed by atoms with E-state index in [1.807, 2.05) is 36.4 Å². The summed E-state index contributed by atoms with van der Waals surface area (Å²) in [6.07, 6.45) is 7.79. The normalized spacial score (nSPS) is 12.9. The highest BCUT2D eigenvalue weighted by atomic mass is 35.5. The maximum absolute atomic E-state index is 12.0. The van der Waals surface area contributed by atoms with Gasteiger partial charge in [-0.05, 0) is 47.3 Å². The highest BCUT2D eigenvalue weighted by Gasteiger charge is 2.22. The second-order valence-corrected chi connectivity index (χ2v) is 14.8. The molecule has 0 atom stereocenters. The van der Waals surface area contributed by atoms with Crippen LogP contribution in [0.3, 0.4) is 0 Å². The Morgan fingerprint density at radius 3 is 2.21 bits per heavy atom. The molecule has 34 heavy (non-hydrogen) atoms. The van der Waals surface area contributed by atoms with Crippen LogP contribution < -0.4 is 5.32 Å². The molecule has 184 valence electrons. The van der Waals surface area contributed by atoms with Crippen LogP contribution in [-0.2, 0) is 11.4 Å². The number of aliphatic hydroxyl groups is 1. The topological polar surface area (TPSA) is 75.4 Å². The van der Waals surface area contributed by atoms with Gasteiger partial charge in [0.15, 0.2) is 12.0 Å². The maximum atomic E-state index is 12.0. The molecule has 0 unspecified atom stereocenters. The lowest BCUT2D eigenvalue weighted by Gasteiger charge is -2.40. The van der Waals surface area contributed by atoms with Crippen molar-refractivity contribution in [1.29, 1.82) is 0 Å². The molecular weight excluding hydrogens is 468 g/mol. The van der Waals surface area contributed by atoms with Crippen molar-refractivity contribution in [3.05, 3.63) is 82.2 Å². The van der Waals surface area contributed by atoms with Gasteiger partial charge in [-0.2, -0.15) is 0 Å². The zero-order valence-corrected chi connectivity index (χ0v) is 22.6. The molecule has 0 aliphatic heterocycles. The number of benzene rings is 2. The molecule has 3 aromatic rings. The number of aldehydes is 1. The van der Waals surface area contributed by atoms with Gasteiger partial charge in [0, 0.05) is 35.0 Å². The van der Waals surface area contributed by atoms with Crippen LogP contribution in [0.2, 0.25) is 5.02 Å². The van der Waals surface area contributed by atoms with E-state index >= 15 is 0 Å². The number of aliphatic hydroxyl groups excluding tert-OH is 1. The number of rotatable bonds is 6. The SMILES string of the molecule is CC(C)(C)S(C)(C)C.CNc1ccc(Cl)cc1/C(=C(\C=O)c1cc(CO)no1)c1ccccc1. The summed E-state index contributed by atoms with van der Waals surface area (Å²) >= 11 is 6.22. The fraction of sp³-hybridized carbons (Fsp3) is 0.333. The minimum atomic E-state index is -0.340. The Hall–Kier alpha value is -2.54. The maximum Gasteiger partial charge on any atom is 0.171 e. The fourth-order valence-corrected chi connectivity index (χ4v) is 2.93. The minimum Gasteiger partial charge on any atom is -0.390 e. The molecule has 0 spiro atoms. The molecule has 0 saturated carbocycles. The minimum absolute atomic E-state index is 0.269. The van der Waals surface area contributed by atoms with Gasteiger partial charge >= 0.3 is 0 Å². The number of nitrogens with one attached hydrogen (secondary N) is 1. The summed E-state index contributed by atoms with van der Waals surface area (Å²) in [5.74, 6) is 0.282. The average Bonchev–Trinajstić information content (AvgIpc) is 3.26. The van der Waals surface area contributed by atoms with Gasteiger partial charge in [0.2, 0.25) is 0 Å². The van der Waals surface area contributed by atoms with E-state index in [9.17, 15) is 9.90 Å². The van der Waals surface area contributed by atoms with Crippen LogP contribution in [0, 0.1) is 0 Å². The molecule has 0 bridgehead atoms. The van der Waals surface area contributed by atoms with Gasteiger partial charge in [0.05, 0.1) is 12.2 Å². The smallest absolute Gasteiger partial charge is 0.171 e. The van der Waals surface area contributed by atoms with Crippen LogP contribution >= 0.6 is 21.6 Å². The third-order valence-corrected chi connectivity index (χ3v) is 9.70. The van der Waals surface area contributed by atoms with E-state index in [4.69, 9.17) is 16.1 Å². The summed E-state index contributed by atoms with van der Waals surface area (Å²) in [7, 11) is 1.46. The van der Waals surface area contributed by atoms with Crippen molar-refractivity contribution in [2.45, 2.75) is 32.1 Å². The molecule has 5 nitrogen and oxygen atoms in total. The number of aromatic nitrogens is 1. The molecule has 2 aromatic carbocycles. The van der Waals surface area contributed by atoms with Gasteiger partial charge in [-0.3, -0.25) is 4.79 Å². The standard InChI is InChI=1S/C20H17ClN2O3.C7H18S/c1-22-18-8-7-14(21)9-16(18)20(13-5-3-2-4-6-13)17(12-25)19-10-15(11-24)23-26-19;1-7(2,3)8(4,5)6/h2-10,12,22,24H,11H2,1H3;1-6H3/b20-17+;. The Morgan fingerprint density at radius 2 is 1.74 bits per heavy atom. The van der Waals surface area contributed by atoms with Crippen molar-refractivity contribution in [3.63, 3.8) is 0 Å². The summed E-state index contributed by atoms with van der Waals surface area (Å²) in [5, 5.41) is 16.7. The molecular formula is C27H35ClN2O3S. The van der Waals surface area contributed by atoms with E-state index in [2.05, 4.69) is 50.0 Å². The molecule has 1 aromatic heterocycles. The zero-order valence-electron chi connectivity index (χ0n) is 21.0. The summed E-state index contributed by atoms with van der Waals surface area (Å²) in [6, 6.07) is 16.5. The Bertz CT molecular complexity index is 1110. The summed E-state index contributed by atoms with van der Waals surface area (Å²) in [6.45, 7) is 6.65. The van der Waals surface area contributed by atoms with E-state index in [0.717, 1.165) is 23.1 Å². The van der Waals surface area contributed by atoms with Crippen LogP contribution in [0.15, 0.2) is 59.1 Å². The largest absolute Gasteiger partial charge is 0.390 e. The average molecular weight is 503 g/mol. The molecule has 1 heterocycles. The monoisotopic (exact) mass is 502 g/mol. The van der Waals surface area contributed by atoms with E-state index in [1.165, 1.54) is 0 Å².